The van der Waals surface area contributed by atoms with Gasteiger partial charge in [-0.3, -0.25) is 17.9 Å². The van der Waals surface area contributed by atoms with E-state index in [0.29, 0.717) is 34.9 Å². The Bertz CT molecular complexity index is 7880. The van der Waals surface area contributed by atoms with E-state index < -0.39 is 0 Å². The third kappa shape index (κ3) is 12.7. The van der Waals surface area contributed by atoms with Crippen molar-refractivity contribution in [2.45, 2.75) is 0 Å². The standard InChI is InChI=1S/C52H33N7.C31H20N4.C21H14BrN3/c1-4-15-34(16-5-1)49-54-50(35-17-6-2-7-18-35)56-51(55-49)38-19-14-22-40(31-38)57-44-24-11-10-23-41(44)42-32-36(27-29-45(42)57)37-28-30-46-43(33-37)53-52-58(39-20-8-3-9-21-39)47-25-12-13-26-48(47)59(46)52;1-2-8-22(9-3-1)34-29-12-6-7-13-30(29)35-28-17-15-21(19-27(28)33-31(34)35)20-14-16-26-24(18-20)23-10-4-5-11-25(23)32-26;22-18-13-7-12-17(14-18)21-24-19(15-8-3-1-4-9-15)23-20(25-21)16-10-5-2-6-11-16/h1-33H;1-19,32H;1-14H. The smallest absolute Gasteiger partial charge is 0.220 e. The number of nitrogens with one attached hydrogen (secondary N) is 1. The van der Waals surface area contributed by atoms with Crippen molar-refractivity contribution >= 4 is 115 Å². The van der Waals surface area contributed by atoms with E-state index in [2.05, 4.69) is 291 Å². The van der Waals surface area contributed by atoms with Gasteiger partial charge in [0.1, 0.15) is 0 Å². The molecule has 0 radical (unpaired) electrons. The summed E-state index contributed by atoms with van der Waals surface area (Å²) in [5.41, 5.74) is 26.8. The van der Waals surface area contributed by atoms with Crippen molar-refractivity contribution in [2.75, 3.05) is 0 Å². The minimum atomic E-state index is 0.624. The molecule has 8 aromatic heterocycles. The van der Waals surface area contributed by atoms with Gasteiger partial charge in [0.2, 0.25) is 11.6 Å². The molecule has 15 heteroatoms. The van der Waals surface area contributed by atoms with Crippen molar-refractivity contribution in [3.63, 3.8) is 0 Å². The lowest BCUT2D eigenvalue weighted by molar-refractivity contribution is 1.07. The average Bonchev–Trinajstić information content (AvgIpc) is 1.57. The summed E-state index contributed by atoms with van der Waals surface area (Å²) in [6.07, 6.45) is 0. The van der Waals surface area contributed by atoms with Gasteiger partial charge in [-0.05, 0) is 156 Å². The van der Waals surface area contributed by atoms with E-state index in [1.54, 1.807) is 0 Å². The third-order valence-electron chi connectivity index (χ3n) is 22.1. The van der Waals surface area contributed by atoms with E-state index in [9.17, 15) is 0 Å². The lowest BCUT2D eigenvalue weighted by Crippen LogP contribution is -2.01. The van der Waals surface area contributed by atoms with Crippen LogP contribution in [0.4, 0.5) is 0 Å². The predicted octanol–water partition coefficient (Wildman–Crippen LogP) is 25.7. The van der Waals surface area contributed by atoms with Gasteiger partial charge < -0.3 is 9.55 Å². The quantitative estimate of drug-likeness (QED) is 0.135. The zero-order valence-electron chi connectivity index (χ0n) is 63.8. The predicted molar refractivity (Wildman–Crippen MR) is 487 cm³/mol. The lowest BCUT2D eigenvalue weighted by Gasteiger charge is -2.12. The molecule has 0 saturated heterocycles. The first-order chi connectivity index (χ1) is 58.9. The minimum Gasteiger partial charge on any atom is -0.355 e. The van der Waals surface area contributed by atoms with Gasteiger partial charge in [0.05, 0.1) is 55.2 Å². The number of H-pyrrole nitrogens is 1. The van der Waals surface area contributed by atoms with E-state index in [1.807, 2.05) is 158 Å². The number of hydrogen-bond donors (Lipinski definition) is 1. The fourth-order valence-corrected chi connectivity index (χ4v) is 17.0. The molecule has 0 fully saturated rings. The Morgan fingerprint density at radius 1 is 0.193 bits per heavy atom. The second kappa shape index (κ2) is 29.5. The molecule has 0 aliphatic heterocycles. The SMILES string of the molecule is Brc1cccc(-c2nc(-c3ccccc3)nc(-c3ccccc3)n2)c1.c1ccc(-c2nc(-c3ccccc3)nc(-c3cccc(-n4c5ccccc5c5cc(-c6ccc7c(c6)nc6n(-c8ccccc8)c8ccccc8n76)ccc54)c3)n2)cc1.c1ccc(-n2c3ccccc3n3c4ccc(-c5ccc6[nH]c7ccccc7c6c5)cc4nc23)cc1. The number of nitrogens with zero attached hydrogens (tertiary/aromatic N) is 13. The summed E-state index contributed by atoms with van der Waals surface area (Å²) in [4.78, 5) is 42.9. The summed E-state index contributed by atoms with van der Waals surface area (Å²) in [5, 5.41) is 4.86. The highest BCUT2D eigenvalue weighted by atomic mass is 79.9. The molecule has 14 nitrogen and oxygen atoms in total. The summed E-state index contributed by atoms with van der Waals surface area (Å²) in [6, 6.07) is 138. The maximum atomic E-state index is 5.26. The van der Waals surface area contributed by atoms with Gasteiger partial charge in [0.15, 0.2) is 34.9 Å². The van der Waals surface area contributed by atoms with E-state index in [1.165, 1.54) is 38.2 Å². The molecule has 0 saturated carbocycles. The average molecular weight is 1590 g/mol. The van der Waals surface area contributed by atoms with Crippen molar-refractivity contribution < 1.29 is 0 Å². The van der Waals surface area contributed by atoms with Crippen LogP contribution in [0.2, 0.25) is 0 Å². The number of aromatic nitrogens is 14. The number of aromatic amines is 1. The van der Waals surface area contributed by atoms with Crippen molar-refractivity contribution in [1.29, 1.82) is 0 Å². The summed E-state index contributed by atoms with van der Waals surface area (Å²) in [5.74, 6) is 5.73. The highest BCUT2D eigenvalue weighted by molar-refractivity contribution is 9.10. The fraction of sp³-hybridized carbons (Fsp3) is 0. The number of halogens is 1. The first-order valence-corrected chi connectivity index (χ1v) is 40.3. The molecule has 0 bridgehead atoms. The first kappa shape index (κ1) is 69.8. The molecule has 0 unspecified atom stereocenters. The zero-order valence-corrected chi connectivity index (χ0v) is 65.4. The highest BCUT2D eigenvalue weighted by Crippen LogP contribution is 2.40. The van der Waals surface area contributed by atoms with Gasteiger partial charge >= 0.3 is 0 Å². The van der Waals surface area contributed by atoms with E-state index >= 15 is 0 Å². The van der Waals surface area contributed by atoms with E-state index in [4.69, 9.17) is 34.9 Å². The molecule has 0 aliphatic carbocycles. The van der Waals surface area contributed by atoms with Crippen LogP contribution in [0.5, 0.6) is 0 Å². The monoisotopic (exact) mass is 1590 g/mol. The third-order valence-corrected chi connectivity index (χ3v) is 22.6. The van der Waals surface area contributed by atoms with Crippen LogP contribution in [0.15, 0.2) is 405 Å². The Kier molecular flexibility index (Phi) is 17.3. The number of imidazole rings is 4. The first-order valence-electron chi connectivity index (χ1n) is 39.5. The normalized spacial score (nSPS) is 11.6. The maximum Gasteiger partial charge on any atom is 0.220 e. The van der Waals surface area contributed by atoms with Crippen molar-refractivity contribution in [3.8, 4) is 108 Å². The van der Waals surface area contributed by atoms with Crippen LogP contribution in [-0.4, -0.2) is 67.4 Å². The maximum absolute atomic E-state index is 5.26. The highest BCUT2D eigenvalue weighted by Gasteiger charge is 2.23. The van der Waals surface area contributed by atoms with Crippen LogP contribution in [0.3, 0.4) is 0 Å². The second-order valence-electron chi connectivity index (χ2n) is 29.4. The zero-order chi connectivity index (χ0) is 78.9. The largest absolute Gasteiger partial charge is 0.355 e. The van der Waals surface area contributed by atoms with Crippen LogP contribution in [-0.2, 0) is 0 Å². The molecule has 8 heterocycles. The summed E-state index contributed by atoms with van der Waals surface area (Å²) < 4.78 is 12.4. The number of para-hydroxylation sites is 8. The van der Waals surface area contributed by atoms with E-state index in [0.717, 1.165) is 138 Å². The Labute approximate surface area is 690 Å². The Balaban J connectivity index is 0.000000120. The molecule has 16 aromatic carbocycles. The summed E-state index contributed by atoms with van der Waals surface area (Å²) in [7, 11) is 0. The van der Waals surface area contributed by atoms with Crippen molar-refractivity contribution in [1.82, 2.24) is 67.4 Å². The van der Waals surface area contributed by atoms with Crippen LogP contribution < -0.4 is 0 Å². The molecular weight excluding hydrogens is 1530 g/mol. The number of hydrogen-bond acceptors (Lipinski definition) is 8. The Hall–Kier alpha value is -15.8. The molecule has 0 amide bonds. The molecule has 24 aromatic rings. The van der Waals surface area contributed by atoms with Gasteiger partial charge in [-0.15, -0.1) is 0 Å². The molecule has 560 valence electrons. The molecule has 24 rings (SSSR count). The molecule has 0 aliphatic rings. The van der Waals surface area contributed by atoms with Crippen molar-refractivity contribution in [2.24, 2.45) is 0 Å². The van der Waals surface area contributed by atoms with E-state index in [-0.39, 0.29) is 0 Å². The van der Waals surface area contributed by atoms with Gasteiger partial charge in [-0.25, -0.2) is 39.9 Å². The van der Waals surface area contributed by atoms with Crippen molar-refractivity contribution in [3.05, 3.63) is 405 Å². The molecule has 0 atom stereocenters. The Morgan fingerprint density at radius 3 is 1.01 bits per heavy atom. The van der Waals surface area contributed by atoms with Gasteiger partial charge in [-0.2, -0.15) is 0 Å². The molecule has 119 heavy (non-hydrogen) atoms. The molecule has 0 spiro atoms. The summed E-state index contributed by atoms with van der Waals surface area (Å²) >= 11 is 3.52. The van der Waals surface area contributed by atoms with Gasteiger partial charge in [-0.1, -0.05) is 283 Å². The number of benzene rings is 16. The van der Waals surface area contributed by atoms with Crippen LogP contribution in [0.25, 0.3) is 207 Å². The summed E-state index contributed by atoms with van der Waals surface area (Å²) in [6.45, 7) is 0. The second-order valence-corrected chi connectivity index (χ2v) is 30.3. The lowest BCUT2D eigenvalue weighted by atomic mass is 10.0. The fourth-order valence-electron chi connectivity index (χ4n) is 16.6. The van der Waals surface area contributed by atoms with Crippen LogP contribution in [0, 0.1) is 0 Å². The van der Waals surface area contributed by atoms with Gasteiger partial charge in [0.25, 0.3) is 0 Å². The Morgan fingerprint density at radius 2 is 0.529 bits per heavy atom. The number of fused-ring (bicyclic) bond motifs is 16. The van der Waals surface area contributed by atoms with Gasteiger partial charge in [0, 0.05) is 87.5 Å². The molecular formula is C104H67BrN14. The number of rotatable bonds is 11. The topological polar surface area (TPSA) is 143 Å². The van der Waals surface area contributed by atoms with Crippen LogP contribution in [0.1, 0.15) is 0 Å². The minimum absolute atomic E-state index is 0.624. The molecule has 1 N–H and O–H groups in total. The van der Waals surface area contributed by atoms with Crippen LogP contribution >= 0.6 is 15.9 Å².